The van der Waals surface area contributed by atoms with Crippen molar-refractivity contribution in [1.29, 1.82) is 0 Å². The molecule has 2 aromatic carbocycles. The van der Waals surface area contributed by atoms with Crippen LogP contribution >= 0.6 is 10.2 Å². The van der Waals surface area contributed by atoms with E-state index in [4.69, 9.17) is 0 Å². The van der Waals surface area contributed by atoms with Gasteiger partial charge in [-0.1, -0.05) is 31.4 Å². The Morgan fingerprint density at radius 2 is 1.48 bits per heavy atom. The molecule has 3 rings (SSSR count). The Kier molecular flexibility index (Phi) is 5.65. The zero-order valence-electron chi connectivity index (χ0n) is 17.1. The Balaban J connectivity index is 1.65. The molecule has 0 aliphatic carbocycles. The van der Waals surface area contributed by atoms with Gasteiger partial charge in [-0.3, -0.25) is 4.79 Å². The van der Waals surface area contributed by atoms with E-state index in [1.165, 1.54) is 11.0 Å². The molecule has 0 radical (unpaired) electrons. The lowest BCUT2D eigenvalue weighted by atomic mass is 10.1. The molecule has 0 aromatic heterocycles. The molecule has 12 heteroatoms. The summed E-state index contributed by atoms with van der Waals surface area (Å²) in [5.41, 5.74) is 0.237. The van der Waals surface area contributed by atoms with Crippen molar-refractivity contribution in [2.24, 2.45) is 0 Å². The van der Waals surface area contributed by atoms with Gasteiger partial charge >= 0.3 is 16.4 Å². The summed E-state index contributed by atoms with van der Waals surface area (Å²) in [5, 5.41) is 0. The average Bonchev–Trinajstić information content (AvgIpc) is 2.70. The smallest absolute Gasteiger partial charge is 0.368 e. The fourth-order valence-electron chi connectivity index (χ4n) is 3.28. The van der Waals surface area contributed by atoms with Crippen molar-refractivity contribution in [2.75, 3.05) is 31.1 Å². The van der Waals surface area contributed by atoms with Crippen LogP contribution in [0.1, 0.15) is 16.7 Å². The summed E-state index contributed by atoms with van der Waals surface area (Å²) >= 11 is 0. The quantitative estimate of drug-likeness (QED) is 0.355. The van der Waals surface area contributed by atoms with E-state index in [2.05, 4.69) is 11.8 Å². The van der Waals surface area contributed by atoms with E-state index in [0.29, 0.717) is 11.3 Å². The van der Waals surface area contributed by atoms with Gasteiger partial charge < -0.3 is 9.80 Å². The van der Waals surface area contributed by atoms with Crippen LogP contribution in [0.4, 0.5) is 38.3 Å². The molecule has 0 spiro atoms. The first kappa shape index (κ1) is 24.7. The topological polar surface area (TPSA) is 23.6 Å². The first-order valence-electron chi connectivity index (χ1n) is 9.52. The molecule has 1 amide bonds. The second-order valence-corrected chi connectivity index (χ2v) is 9.93. The van der Waals surface area contributed by atoms with Gasteiger partial charge in [-0.2, -0.15) is 13.2 Å². The first-order valence-corrected chi connectivity index (χ1v) is 11.5. The van der Waals surface area contributed by atoms with Crippen molar-refractivity contribution in [3.8, 4) is 11.8 Å². The van der Waals surface area contributed by atoms with Crippen LogP contribution in [-0.4, -0.2) is 37.0 Å². The first-order chi connectivity index (χ1) is 14.9. The van der Waals surface area contributed by atoms with Gasteiger partial charge in [-0.25, -0.2) is 0 Å². The molecule has 0 unspecified atom stereocenters. The van der Waals surface area contributed by atoms with Crippen LogP contribution in [0.25, 0.3) is 0 Å². The minimum absolute atomic E-state index is 0.0489. The van der Waals surface area contributed by atoms with Crippen LogP contribution in [0.15, 0.2) is 47.4 Å². The van der Waals surface area contributed by atoms with Gasteiger partial charge in [0.2, 0.25) is 0 Å². The largest absolute Gasteiger partial charge is 0.416 e. The number of carbonyl (C=O) groups is 1. The Morgan fingerprint density at radius 3 is 2.00 bits per heavy atom. The van der Waals surface area contributed by atoms with Gasteiger partial charge in [0.25, 0.3) is 5.91 Å². The van der Waals surface area contributed by atoms with Crippen molar-refractivity contribution in [1.82, 2.24) is 4.90 Å². The van der Waals surface area contributed by atoms with Crippen LogP contribution < -0.4 is 4.90 Å². The van der Waals surface area contributed by atoms with Crippen LogP contribution in [-0.2, 0) is 11.0 Å². The minimum Gasteiger partial charge on any atom is -0.368 e. The molecule has 0 bridgehead atoms. The number of piperazine rings is 1. The van der Waals surface area contributed by atoms with E-state index in [0.717, 1.165) is 24.3 Å². The number of alkyl halides is 3. The Bertz CT molecular complexity index is 1120. The third kappa shape index (κ3) is 6.10. The fraction of sp³-hybridized carbons (Fsp3) is 0.286. The standard InChI is InChI=1S/C21H18F8N2OS/c1-15-2-6-17(21(22,23)24)14-19(15)30-10-12-31(13-11-30)20(32)9-5-16-3-7-18(8-4-16)33(25,26,27,28)29/h2-4,6-8,14H,10-13H2,1H3. The summed E-state index contributed by atoms with van der Waals surface area (Å²) in [4.78, 5) is 13.3. The lowest BCUT2D eigenvalue weighted by molar-refractivity contribution is -0.137. The number of benzene rings is 2. The summed E-state index contributed by atoms with van der Waals surface area (Å²) < 4.78 is 103. The van der Waals surface area contributed by atoms with E-state index in [9.17, 15) is 37.4 Å². The molecule has 0 N–H and O–H groups in total. The second kappa shape index (κ2) is 7.55. The number of nitrogens with zero attached hydrogens (tertiary/aromatic N) is 2. The predicted molar refractivity (Wildman–Crippen MR) is 110 cm³/mol. The lowest BCUT2D eigenvalue weighted by Crippen LogP contribution is -2.48. The molecule has 1 aliphatic heterocycles. The van der Waals surface area contributed by atoms with Gasteiger partial charge in [-0.15, -0.1) is 0 Å². The molecule has 33 heavy (non-hydrogen) atoms. The third-order valence-corrected chi connectivity index (χ3v) is 6.22. The van der Waals surface area contributed by atoms with E-state index >= 15 is 0 Å². The lowest BCUT2D eigenvalue weighted by Gasteiger charge is -2.40. The van der Waals surface area contributed by atoms with E-state index in [1.807, 2.05) is 0 Å². The van der Waals surface area contributed by atoms with Crippen LogP contribution in [0.2, 0.25) is 0 Å². The number of rotatable bonds is 2. The van der Waals surface area contributed by atoms with Crippen molar-refractivity contribution < 1.29 is 37.4 Å². The number of amides is 1. The van der Waals surface area contributed by atoms with Gasteiger partial charge in [-0.05, 0) is 48.9 Å². The molecule has 0 atom stereocenters. The number of aryl methyl sites for hydroxylation is 1. The number of carbonyl (C=O) groups excluding carboxylic acids is 1. The van der Waals surface area contributed by atoms with E-state index in [1.54, 1.807) is 11.8 Å². The molecule has 2 aromatic rings. The Labute approximate surface area is 184 Å². The number of hydrogen-bond acceptors (Lipinski definition) is 2. The molecule has 0 saturated carbocycles. The molecule has 180 valence electrons. The van der Waals surface area contributed by atoms with Crippen molar-refractivity contribution in [3.63, 3.8) is 0 Å². The fourth-order valence-corrected chi connectivity index (χ4v) is 3.93. The van der Waals surface area contributed by atoms with Crippen molar-refractivity contribution in [3.05, 3.63) is 59.2 Å². The van der Waals surface area contributed by atoms with E-state index in [-0.39, 0.29) is 43.9 Å². The van der Waals surface area contributed by atoms with E-state index < -0.39 is 32.8 Å². The molecular formula is C21H18F8N2OS. The Hall–Kier alpha value is -2.94. The normalized spacial score (nSPS) is 17.0. The van der Waals surface area contributed by atoms with Crippen LogP contribution in [0, 0.1) is 18.8 Å². The molecule has 1 fully saturated rings. The highest BCUT2D eigenvalue weighted by molar-refractivity contribution is 8.45. The highest BCUT2D eigenvalue weighted by Gasteiger charge is 2.65. The monoisotopic (exact) mass is 498 g/mol. The average molecular weight is 498 g/mol. The third-order valence-electron chi connectivity index (χ3n) is 5.06. The van der Waals surface area contributed by atoms with Crippen LogP contribution in [0.3, 0.4) is 0 Å². The zero-order valence-corrected chi connectivity index (χ0v) is 17.9. The summed E-state index contributed by atoms with van der Waals surface area (Å²) in [6.07, 6.45) is -4.48. The Morgan fingerprint density at radius 1 is 0.909 bits per heavy atom. The summed E-state index contributed by atoms with van der Waals surface area (Å²) in [6.45, 7) is 2.54. The second-order valence-electron chi connectivity index (χ2n) is 7.52. The molecule has 3 nitrogen and oxygen atoms in total. The predicted octanol–water partition coefficient (Wildman–Crippen LogP) is 6.37. The summed E-state index contributed by atoms with van der Waals surface area (Å²) in [5.74, 6) is 3.96. The number of anilines is 1. The van der Waals surface area contributed by atoms with Gasteiger partial charge in [0.15, 0.2) is 0 Å². The SMILES string of the molecule is Cc1ccc(C(F)(F)F)cc1N1CCN(C(=O)C#Cc2ccc(S(F)(F)(F)(F)F)cc2)CC1. The summed E-state index contributed by atoms with van der Waals surface area (Å²) in [7, 11) is -9.78. The minimum atomic E-state index is -9.78. The zero-order chi connectivity index (χ0) is 24.7. The highest BCUT2D eigenvalue weighted by atomic mass is 32.5. The molecule has 1 saturated heterocycles. The maximum Gasteiger partial charge on any atom is 0.416 e. The van der Waals surface area contributed by atoms with Crippen molar-refractivity contribution >= 4 is 21.8 Å². The van der Waals surface area contributed by atoms with Gasteiger partial charge in [0.1, 0.15) is 4.90 Å². The number of halogens is 8. The highest BCUT2D eigenvalue weighted by Crippen LogP contribution is 3.02. The summed E-state index contributed by atoms with van der Waals surface area (Å²) in [6, 6.07) is 5.37. The van der Waals surface area contributed by atoms with Gasteiger partial charge in [0.05, 0.1) is 5.56 Å². The molecule has 1 heterocycles. The maximum atomic E-state index is 13.0. The van der Waals surface area contributed by atoms with Crippen molar-refractivity contribution in [2.45, 2.75) is 18.0 Å². The molecular weight excluding hydrogens is 480 g/mol. The van der Waals surface area contributed by atoms with Crippen LogP contribution in [0.5, 0.6) is 0 Å². The maximum absolute atomic E-state index is 13.0. The van der Waals surface area contributed by atoms with Gasteiger partial charge in [0, 0.05) is 43.4 Å². The number of hydrogen-bond donors (Lipinski definition) is 0. The molecule has 1 aliphatic rings.